The van der Waals surface area contributed by atoms with Gasteiger partial charge >= 0.3 is 0 Å². The summed E-state index contributed by atoms with van der Waals surface area (Å²) in [6, 6.07) is 4.40. The molecule has 0 bridgehead atoms. The molecule has 4 heteroatoms. The number of likely N-dealkylation sites (tertiary alicyclic amines) is 1. The van der Waals surface area contributed by atoms with E-state index >= 15 is 0 Å². The topological polar surface area (TPSA) is 36.7 Å². The molecule has 1 aromatic rings. The summed E-state index contributed by atoms with van der Waals surface area (Å²) >= 11 is 0. The van der Waals surface area contributed by atoms with E-state index in [0.29, 0.717) is 17.6 Å². The van der Waals surface area contributed by atoms with E-state index in [9.17, 15) is 4.79 Å². The van der Waals surface area contributed by atoms with Crippen LogP contribution in [0.25, 0.3) is 0 Å². The molecule has 0 radical (unpaired) electrons. The molecule has 4 heterocycles. The first-order valence-corrected chi connectivity index (χ1v) is 7.82. The fourth-order valence-corrected chi connectivity index (χ4v) is 4.43. The fraction of sp³-hybridized carbons (Fsp3) is 0.688. The summed E-state index contributed by atoms with van der Waals surface area (Å²) < 4.78 is 5.48. The van der Waals surface area contributed by atoms with E-state index in [1.54, 1.807) is 6.07 Å². The van der Waals surface area contributed by atoms with E-state index in [4.69, 9.17) is 4.42 Å². The molecule has 0 aromatic carbocycles. The second-order valence-corrected chi connectivity index (χ2v) is 6.60. The van der Waals surface area contributed by atoms with Crippen LogP contribution in [0.4, 0.5) is 0 Å². The van der Waals surface area contributed by atoms with Crippen LogP contribution in [0.1, 0.15) is 35.6 Å². The Morgan fingerprint density at radius 1 is 1.25 bits per heavy atom. The van der Waals surface area contributed by atoms with Gasteiger partial charge < -0.3 is 9.32 Å². The summed E-state index contributed by atoms with van der Waals surface area (Å²) in [7, 11) is 0. The van der Waals surface area contributed by atoms with Crippen molar-refractivity contribution in [3.63, 3.8) is 0 Å². The fourth-order valence-electron chi connectivity index (χ4n) is 4.43. The third kappa shape index (κ3) is 1.89. The van der Waals surface area contributed by atoms with E-state index in [0.717, 1.165) is 24.9 Å². The molecular formula is C16H22N2O2. The molecule has 3 saturated heterocycles. The lowest BCUT2D eigenvalue weighted by Crippen LogP contribution is -2.40. The Hall–Kier alpha value is -1.29. The number of rotatable bonds is 1. The Morgan fingerprint density at radius 2 is 2.15 bits per heavy atom. The van der Waals surface area contributed by atoms with Gasteiger partial charge in [0.1, 0.15) is 5.76 Å². The monoisotopic (exact) mass is 274 g/mol. The number of carbonyl (C=O) groups is 1. The zero-order chi connectivity index (χ0) is 13.7. The van der Waals surface area contributed by atoms with Crippen molar-refractivity contribution in [2.24, 2.45) is 11.8 Å². The van der Waals surface area contributed by atoms with Gasteiger partial charge in [-0.1, -0.05) is 6.42 Å². The zero-order valence-corrected chi connectivity index (χ0v) is 12.0. The predicted octanol–water partition coefficient (Wildman–Crippen LogP) is 2.14. The lowest BCUT2D eigenvalue weighted by atomic mass is 9.90. The first kappa shape index (κ1) is 12.5. The van der Waals surface area contributed by atoms with Crippen LogP contribution in [0.2, 0.25) is 0 Å². The van der Waals surface area contributed by atoms with Crippen molar-refractivity contribution in [1.82, 2.24) is 9.80 Å². The summed E-state index contributed by atoms with van der Waals surface area (Å²) in [5.74, 6) is 2.76. The molecule has 1 aromatic heterocycles. The van der Waals surface area contributed by atoms with Gasteiger partial charge in [0.2, 0.25) is 0 Å². The van der Waals surface area contributed by atoms with Crippen molar-refractivity contribution in [3.05, 3.63) is 23.7 Å². The molecule has 3 atom stereocenters. The Bertz CT molecular complexity index is 524. The molecule has 0 saturated carbocycles. The lowest BCUT2D eigenvalue weighted by molar-refractivity contribution is 0.0721. The Morgan fingerprint density at radius 3 is 2.95 bits per heavy atom. The minimum atomic E-state index is 0.0786. The van der Waals surface area contributed by atoms with E-state index in [1.165, 1.54) is 32.4 Å². The van der Waals surface area contributed by atoms with Crippen LogP contribution in [-0.2, 0) is 0 Å². The molecule has 4 nitrogen and oxygen atoms in total. The Labute approximate surface area is 119 Å². The number of hydrogen-bond donors (Lipinski definition) is 0. The molecule has 0 aliphatic carbocycles. The van der Waals surface area contributed by atoms with Gasteiger partial charge in [0.15, 0.2) is 5.76 Å². The van der Waals surface area contributed by atoms with Crippen LogP contribution < -0.4 is 0 Å². The molecule has 3 aliphatic heterocycles. The van der Waals surface area contributed by atoms with Gasteiger partial charge in [-0.05, 0) is 50.3 Å². The van der Waals surface area contributed by atoms with Gasteiger partial charge in [-0.3, -0.25) is 9.69 Å². The zero-order valence-electron chi connectivity index (χ0n) is 12.0. The summed E-state index contributed by atoms with van der Waals surface area (Å²) in [5.41, 5.74) is 0. The molecule has 1 amide bonds. The summed E-state index contributed by atoms with van der Waals surface area (Å²) in [4.78, 5) is 17.1. The van der Waals surface area contributed by atoms with E-state index in [2.05, 4.69) is 4.90 Å². The van der Waals surface area contributed by atoms with Crippen LogP contribution in [0.3, 0.4) is 0 Å². The lowest BCUT2D eigenvalue weighted by Gasteiger charge is -2.33. The number of carbonyl (C=O) groups excluding carboxylic acids is 1. The predicted molar refractivity (Wildman–Crippen MR) is 75.5 cm³/mol. The number of aryl methyl sites for hydroxylation is 1. The molecule has 20 heavy (non-hydrogen) atoms. The quantitative estimate of drug-likeness (QED) is 0.787. The van der Waals surface area contributed by atoms with Crippen LogP contribution >= 0.6 is 0 Å². The van der Waals surface area contributed by atoms with Crippen LogP contribution in [0.15, 0.2) is 16.5 Å². The number of amides is 1. The van der Waals surface area contributed by atoms with Gasteiger partial charge in [-0.2, -0.15) is 0 Å². The van der Waals surface area contributed by atoms with Gasteiger partial charge in [-0.15, -0.1) is 0 Å². The molecule has 3 aliphatic rings. The molecule has 3 fully saturated rings. The van der Waals surface area contributed by atoms with Gasteiger partial charge in [0.25, 0.3) is 5.91 Å². The standard InChI is InChI=1S/C16H22N2O2/c1-11-5-6-15(20-11)16(19)18-9-12-8-17-7-3-2-4-14(17)13(12)10-18/h5-6,12-14H,2-4,7-10H2,1H3/t12-,13+,14-/m0/s1. The van der Waals surface area contributed by atoms with Crippen LogP contribution in [-0.4, -0.2) is 47.9 Å². The minimum absolute atomic E-state index is 0.0786. The third-order valence-corrected chi connectivity index (χ3v) is 5.36. The van der Waals surface area contributed by atoms with Crippen molar-refractivity contribution < 1.29 is 9.21 Å². The summed E-state index contributed by atoms with van der Waals surface area (Å²) in [6.07, 6.45) is 4.03. The molecule has 4 rings (SSSR count). The number of hydrogen-bond acceptors (Lipinski definition) is 3. The third-order valence-electron chi connectivity index (χ3n) is 5.36. The highest BCUT2D eigenvalue weighted by Gasteiger charge is 2.48. The maximum atomic E-state index is 12.5. The normalized spacial score (nSPS) is 33.2. The van der Waals surface area contributed by atoms with E-state index < -0.39 is 0 Å². The first-order chi connectivity index (χ1) is 9.72. The van der Waals surface area contributed by atoms with Crippen LogP contribution in [0.5, 0.6) is 0 Å². The largest absolute Gasteiger partial charge is 0.456 e. The number of fused-ring (bicyclic) bond motifs is 3. The molecule has 0 N–H and O–H groups in total. The van der Waals surface area contributed by atoms with Crippen molar-refractivity contribution in [2.75, 3.05) is 26.2 Å². The van der Waals surface area contributed by atoms with Gasteiger partial charge in [-0.25, -0.2) is 0 Å². The van der Waals surface area contributed by atoms with E-state index in [-0.39, 0.29) is 5.91 Å². The first-order valence-electron chi connectivity index (χ1n) is 7.82. The molecular weight excluding hydrogens is 252 g/mol. The van der Waals surface area contributed by atoms with Gasteiger partial charge in [0, 0.05) is 25.7 Å². The average molecular weight is 274 g/mol. The van der Waals surface area contributed by atoms with Crippen molar-refractivity contribution in [1.29, 1.82) is 0 Å². The number of nitrogens with zero attached hydrogens (tertiary/aromatic N) is 2. The second kappa shape index (κ2) is 4.62. The number of piperidine rings is 1. The molecule has 0 spiro atoms. The highest BCUT2D eigenvalue weighted by atomic mass is 16.3. The second-order valence-electron chi connectivity index (χ2n) is 6.60. The minimum Gasteiger partial charge on any atom is -0.456 e. The van der Waals surface area contributed by atoms with Crippen molar-refractivity contribution in [3.8, 4) is 0 Å². The van der Waals surface area contributed by atoms with Crippen LogP contribution in [0, 0.1) is 18.8 Å². The maximum Gasteiger partial charge on any atom is 0.289 e. The van der Waals surface area contributed by atoms with Crippen molar-refractivity contribution in [2.45, 2.75) is 32.2 Å². The summed E-state index contributed by atoms with van der Waals surface area (Å²) in [6.45, 7) is 6.18. The van der Waals surface area contributed by atoms with E-state index in [1.807, 2.05) is 17.9 Å². The van der Waals surface area contributed by atoms with Gasteiger partial charge in [0.05, 0.1) is 0 Å². The Balaban J connectivity index is 1.48. The highest BCUT2D eigenvalue weighted by Crippen LogP contribution is 2.40. The average Bonchev–Trinajstić information content (AvgIpc) is 3.11. The smallest absolute Gasteiger partial charge is 0.289 e. The number of furan rings is 1. The maximum absolute atomic E-state index is 12.5. The SMILES string of the molecule is Cc1ccc(C(=O)N2C[C@@H]3CN4CCCC[C@H]4[C@@H]3C2)o1. The van der Waals surface area contributed by atoms with Crippen molar-refractivity contribution >= 4 is 5.91 Å². The molecule has 0 unspecified atom stereocenters. The highest BCUT2D eigenvalue weighted by molar-refractivity contribution is 5.91. The Kier molecular flexibility index (Phi) is 2.88. The molecule has 108 valence electrons. The summed E-state index contributed by atoms with van der Waals surface area (Å²) in [5, 5.41) is 0.